The third-order valence-electron chi connectivity index (χ3n) is 4.98. The number of hydrogen-bond acceptors (Lipinski definition) is 3. The van der Waals surface area contributed by atoms with Gasteiger partial charge in [0.15, 0.2) is 0 Å². The van der Waals surface area contributed by atoms with Crippen molar-refractivity contribution >= 4 is 11.8 Å². The largest absolute Gasteiger partial charge is 0.396 e. The van der Waals surface area contributed by atoms with E-state index in [9.17, 15) is 9.90 Å². The molecule has 1 aliphatic carbocycles. The smallest absolute Gasteiger partial charge is 0.320 e. The summed E-state index contributed by atoms with van der Waals surface area (Å²) in [5, 5.41) is 19.9. The van der Waals surface area contributed by atoms with Gasteiger partial charge in [-0.25, -0.2) is 9.48 Å². The van der Waals surface area contributed by atoms with Crippen molar-refractivity contribution in [1.29, 1.82) is 0 Å². The Balaban J connectivity index is 1.67. The van der Waals surface area contributed by atoms with Gasteiger partial charge in [-0.15, -0.1) is 0 Å². The molecular weight excluding hydrogens is 328 g/mol. The maximum absolute atomic E-state index is 12.4. The first-order chi connectivity index (χ1) is 12.6. The molecule has 2 amide bonds. The topological polar surface area (TPSA) is 79.2 Å². The number of amides is 2. The van der Waals surface area contributed by atoms with Crippen LogP contribution in [0.5, 0.6) is 0 Å². The maximum Gasteiger partial charge on any atom is 0.320 e. The van der Waals surface area contributed by atoms with Crippen LogP contribution in [0.25, 0.3) is 11.3 Å². The lowest BCUT2D eigenvalue weighted by Crippen LogP contribution is -2.40. The first-order valence-electron chi connectivity index (χ1n) is 9.40. The molecule has 0 atom stereocenters. The van der Waals surface area contributed by atoms with Gasteiger partial charge in [-0.1, -0.05) is 30.3 Å². The Hall–Kier alpha value is -2.34. The van der Waals surface area contributed by atoms with E-state index in [0.29, 0.717) is 11.7 Å². The van der Waals surface area contributed by atoms with Crippen LogP contribution in [0.15, 0.2) is 36.4 Å². The fourth-order valence-electron chi connectivity index (χ4n) is 3.46. The van der Waals surface area contributed by atoms with Crippen molar-refractivity contribution in [1.82, 2.24) is 15.1 Å². The lowest BCUT2D eigenvalue weighted by molar-refractivity contribution is 0.176. The molecule has 1 aromatic heterocycles. The molecule has 1 heterocycles. The van der Waals surface area contributed by atoms with E-state index in [-0.39, 0.29) is 24.7 Å². The number of aliphatic hydroxyl groups excluding tert-OH is 1. The van der Waals surface area contributed by atoms with E-state index in [1.807, 2.05) is 54.9 Å². The first-order valence-corrected chi connectivity index (χ1v) is 9.40. The Morgan fingerprint density at radius 2 is 1.92 bits per heavy atom. The molecule has 1 aromatic carbocycles. The van der Waals surface area contributed by atoms with Crippen LogP contribution in [-0.4, -0.2) is 33.6 Å². The Labute approximate surface area is 154 Å². The number of carbonyl (C=O) groups excluding carboxylic acids is 1. The minimum absolute atomic E-state index is 0.141. The van der Waals surface area contributed by atoms with E-state index >= 15 is 0 Å². The number of hydrogen-bond donors (Lipinski definition) is 3. The number of rotatable bonds is 5. The van der Waals surface area contributed by atoms with Gasteiger partial charge < -0.3 is 10.4 Å². The first kappa shape index (κ1) is 18.5. The summed E-state index contributed by atoms with van der Waals surface area (Å²) in [4.78, 5) is 12.4. The Kier molecular flexibility index (Phi) is 5.93. The van der Waals surface area contributed by atoms with Gasteiger partial charge in [-0.05, 0) is 45.4 Å². The van der Waals surface area contributed by atoms with E-state index < -0.39 is 0 Å². The second-order valence-electron chi connectivity index (χ2n) is 7.32. The average Bonchev–Trinajstić information content (AvgIpc) is 3.07. The van der Waals surface area contributed by atoms with Crippen LogP contribution in [0.4, 0.5) is 10.6 Å². The van der Waals surface area contributed by atoms with Crippen LogP contribution in [0.3, 0.4) is 0 Å². The van der Waals surface area contributed by atoms with E-state index in [1.54, 1.807) is 0 Å². The molecule has 3 N–H and O–H groups in total. The van der Waals surface area contributed by atoms with Crippen molar-refractivity contribution in [2.45, 2.75) is 51.6 Å². The molecular formula is C20H28N4O2. The molecule has 1 fully saturated rings. The molecule has 6 nitrogen and oxygen atoms in total. The standard InChI is InChI=1S/C20H28N4O2/c1-14(2)24-19(12-18(23-24)16-6-4-3-5-7-16)22-20(26)21-17-10-8-15(13-25)9-11-17/h3-7,12,14-15,17,25H,8-11,13H2,1-2H3,(H2,21,22,26). The van der Waals surface area contributed by atoms with Gasteiger partial charge in [0.2, 0.25) is 0 Å². The van der Waals surface area contributed by atoms with E-state index in [0.717, 1.165) is 36.9 Å². The number of carbonyl (C=O) groups is 1. The molecule has 0 saturated heterocycles. The fourth-order valence-corrected chi connectivity index (χ4v) is 3.46. The minimum atomic E-state index is -0.195. The molecule has 26 heavy (non-hydrogen) atoms. The zero-order valence-corrected chi connectivity index (χ0v) is 15.5. The van der Waals surface area contributed by atoms with Crippen molar-refractivity contribution in [3.8, 4) is 11.3 Å². The van der Waals surface area contributed by atoms with Gasteiger partial charge >= 0.3 is 6.03 Å². The van der Waals surface area contributed by atoms with E-state index in [1.165, 1.54) is 0 Å². The predicted molar refractivity (Wildman–Crippen MR) is 103 cm³/mol. The van der Waals surface area contributed by atoms with Crippen molar-refractivity contribution in [2.75, 3.05) is 11.9 Å². The molecule has 1 saturated carbocycles. The van der Waals surface area contributed by atoms with Crippen LogP contribution in [0, 0.1) is 5.92 Å². The van der Waals surface area contributed by atoms with Gasteiger partial charge in [0.25, 0.3) is 0 Å². The summed E-state index contributed by atoms with van der Waals surface area (Å²) in [5.74, 6) is 1.08. The van der Waals surface area contributed by atoms with Crippen LogP contribution >= 0.6 is 0 Å². The lowest BCUT2D eigenvalue weighted by Gasteiger charge is -2.28. The maximum atomic E-state index is 12.4. The zero-order valence-electron chi connectivity index (χ0n) is 15.5. The number of urea groups is 1. The van der Waals surface area contributed by atoms with Crippen LogP contribution in [-0.2, 0) is 0 Å². The van der Waals surface area contributed by atoms with Gasteiger partial charge in [0.05, 0.1) is 5.69 Å². The molecule has 0 unspecified atom stereocenters. The predicted octanol–water partition coefficient (Wildman–Crippen LogP) is 3.80. The molecule has 140 valence electrons. The summed E-state index contributed by atoms with van der Waals surface area (Å²) in [5.41, 5.74) is 1.87. The fraction of sp³-hybridized carbons (Fsp3) is 0.500. The molecule has 0 bridgehead atoms. The summed E-state index contributed by atoms with van der Waals surface area (Å²) in [6, 6.07) is 12.0. The number of aromatic nitrogens is 2. The van der Waals surface area contributed by atoms with Crippen molar-refractivity contribution < 1.29 is 9.90 Å². The molecule has 6 heteroatoms. The lowest BCUT2D eigenvalue weighted by atomic mass is 9.87. The number of nitrogens with zero attached hydrogens (tertiary/aromatic N) is 2. The summed E-state index contributed by atoms with van der Waals surface area (Å²) in [6.07, 6.45) is 3.75. The van der Waals surface area contributed by atoms with Crippen molar-refractivity contribution in [3.05, 3.63) is 36.4 Å². The minimum Gasteiger partial charge on any atom is -0.396 e. The summed E-state index contributed by atoms with van der Waals surface area (Å²) in [6.45, 7) is 4.33. The van der Waals surface area contributed by atoms with Crippen LogP contribution in [0.1, 0.15) is 45.6 Å². The molecule has 1 aliphatic rings. The summed E-state index contributed by atoms with van der Waals surface area (Å²) >= 11 is 0. The van der Waals surface area contributed by atoms with E-state index in [2.05, 4.69) is 15.7 Å². The van der Waals surface area contributed by atoms with Crippen molar-refractivity contribution in [2.24, 2.45) is 5.92 Å². The second-order valence-corrected chi connectivity index (χ2v) is 7.32. The highest BCUT2D eigenvalue weighted by atomic mass is 16.3. The monoisotopic (exact) mass is 356 g/mol. The number of benzene rings is 1. The normalized spacial score (nSPS) is 20.2. The van der Waals surface area contributed by atoms with Crippen LogP contribution < -0.4 is 10.6 Å². The van der Waals surface area contributed by atoms with Crippen LogP contribution in [0.2, 0.25) is 0 Å². The van der Waals surface area contributed by atoms with E-state index in [4.69, 9.17) is 0 Å². The highest BCUT2D eigenvalue weighted by Gasteiger charge is 2.22. The third kappa shape index (κ3) is 4.43. The highest BCUT2D eigenvalue weighted by molar-refractivity contribution is 5.89. The third-order valence-corrected chi connectivity index (χ3v) is 4.98. The highest BCUT2D eigenvalue weighted by Crippen LogP contribution is 2.25. The Morgan fingerprint density at radius 3 is 2.54 bits per heavy atom. The summed E-state index contributed by atoms with van der Waals surface area (Å²) < 4.78 is 1.84. The molecule has 0 aliphatic heterocycles. The van der Waals surface area contributed by atoms with Gasteiger partial charge in [-0.3, -0.25) is 5.32 Å². The molecule has 3 rings (SSSR count). The van der Waals surface area contributed by atoms with Crippen molar-refractivity contribution in [3.63, 3.8) is 0 Å². The SMILES string of the molecule is CC(C)n1nc(-c2ccccc2)cc1NC(=O)NC1CCC(CO)CC1. The number of nitrogens with one attached hydrogen (secondary N) is 2. The van der Waals surface area contributed by atoms with Gasteiger partial charge in [0, 0.05) is 30.3 Å². The quantitative estimate of drug-likeness (QED) is 0.762. The summed E-state index contributed by atoms with van der Waals surface area (Å²) in [7, 11) is 0. The Bertz CT molecular complexity index is 719. The number of aliphatic hydroxyl groups is 1. The second kappa shape index (κ2) is 8.36. The number of anilines is 1. The molecule has 0 spiro atoms. The molecule has 0 radical (unpaired) electrons. The van der Waals surface area contributed by atoms with Gasteiger partial charge in [0.1, 0.15) is 5.82 Å². The zero-order chi connectivity index (χ0) is 18.5. The Morgan fingerprint density at radius 1 is 1.23 bits per heavy atom. The van der Waals surface area contributed by atoms with Gasteiger partial charge in [-0.2, -0.15) is 5.10 Å². The molecule has 2 aromatic rings. The average molecular weight is 356 g/mol.